The molecule has 2 fully saturated rings. The Morgan fingerprint density at radius 1 is 1.03 bits per heavy atom. The molecule has 1 unspecified atom stereocenters. The van der Waals surface area contributed by atoms with Gasteiger partial charge >= 0.3 is 6.01 Å². The van der Waals surface area contributed by atoms with Crippen LogP contribution >= 0.6 is 22.9 Å². The molecule has 2 saturated heterocycles. The van der Waals surface area contributed by atoms with E-state index in [1.165, 1.54) is 17.4 Å². The number of carbonyl (C=O) groups is 3. The molecule has 0 aliphatic carbocycles. The molecule has 3 aromatic carbocycles. The Kier molecular flexibility index (Phi) is 18.1. The lowest BCUT2D eigenvalue weighted by Gasteiger charge is -2.42. The van der Waals surface area contributed by atoms with Gasteiger partial charge in [-0.1, -0.05) is 80.1 Å². The molecule has 15 nitrogen and oxygen atoms in total. The molecule has 380 valence electrons. The van der Waals surface area contributed by atoms with Gasteiger partial charge in [0.25, 0.3) is 5.91 Å². The van der Waals surface area contributed by atoms with Crippen LogP contribution in [0, 0.1) is 22.7 Å². The van der Waals surface area contributed by atoms with Crippen LogP contribution in [0.1, 0.15) is 91.7 Å². The molecule has 3 aliphatic heterocycles. The normalized spacial score (nSPS) is 17.4. The number of nitrogens with one attached hydrogen (secondary N) is 1. The van der Waals surface area contributed by atoms with Gasteiger partial charge in [-0.3, -0.25) is 19.3 Å². The minimum Gasteiger partial charge on any atom is -0.462 e. The van der Waals surface area contributed by atoms with Gasteiger partial charge < -0.3 is 29.7 Å². The average Bonchev–Trinajstić information content (AvgIpc) is 4.12. The third-order valence-electron chi connectivity index (χ3n) is 14.3. The highest BCUT2D eigenvalue weighted by Gasteiger charge is 2.34. The molecule has 1 N–H and O–H groups in total. The summed E-state index contributed by atoms with van der Waals surface area (Å²) in [7, 11) is 1.74. The number of thiazole rings is 1. The number of hydrogen-bond acceptors (Lipinski definition) is 13. The molecule has 5 heterocycles. The summed E-state index contributed by atoms with van der Waals surface area (Å²) >= 11 is 8.18. The molecule has 8 rings (SSSR count). The molecular formula is C56H64ClN11O4S. The van der Waals surface area contributed by atoms with E-state index in [0.717, 1.165) is 103 Å². The van der Waals surface area contributed by atoms with Crippen molar-refractivity contribution in [1.29, 1.82) is 10.5 Å². The van der Waals surface area contributed by atoms with Gasteiger partial charge in [-0.25, -0.2) is 4.98 Å². The van der Waals surface area contributed by atoms with Crippen LogP contribution in [0.4, 0.5) is 11.5 Å². The summed E-state index contributed by atoms with van der Waals surface area (Å²) in [5.41, 5.74) is 5.08. The number of halogens is 1. The average molecular weight is 1020 g/mol. The predicted octanol–water partition coefficient (Wildman–Crippen LogP) is 8.70. The second-order valence-corrected chi connectivity index (χ2v) is 20.3. The largest absolute Gasteiger partial charge is 0.462 e. The number of aromatic nitrogens is 3. The van der Waals surface area contributed by atoms with Crippen LogP contribution in [0.2, 0.25) is 5.02 Å². The first-order valence-corrected chi connectivity index (χ1v) is 26.7. The highest BCUT2D eigenvalue weighted by Crippen LogP contribution is 2.38. The molecule has 2 aromatic heterocycles. The van der Waals surface area contributed by atoms with E-state index in [1.807, 2.05) is 41.8 Å². The molecule has 3 amide bonds. The zero-order chi connectivity index (χ0) is 51.3. The fourth-order valence-electron chi connectivity index (χ4n) is 10.4. The molecule has 5 aromatic rings. The second-order valence-electron chi connectivity index (χ2n) is 18.9. The lowest BCUT2D eigenvalue weighted by atomic mass is 9.98. The minimum absolute atomic E-state index is 0.0166. The second kappa shape index (κ2) is 25.2. The van der Waals surface area contributed by atoms with Gasteiger partial charge in [0.1, 0.15) is 29.1 Å². The summed E-state index contributed by atoms with van der Waals surface area (Å²) in [5.74, 6) is 0.304. The summed E-state index contributed by atoms with van der Waals surface area (Å²) in [6, 6.07) is 24.7. The van der Waals surface area contributed by atoms with Crippen molar-refractivity contribution >= 4 is 69.0 Å². The summed E-state index contributed by atoms with van der Waals surface area (Å²) in [5, 5.41) is 27.8. The number of anilines is 2. The number of benzene rings is 3. The molecule has 0 radical (unpaired) electrons. The molecule has 3 atom stereocenters. The number of rotatable bonds is 21. The summed E-state index contributed by atoms with van der Waals surface area (Å²) in [4.78, 5) is 63.8. The van der Waals surface area contributed by atoms with Gasteiger partial charge in [-0.15, -0.1) is 11.3 Å². The number of likely N-dealkylation sites (tertiary alicyclic amines) is 1. The smallest absolute Gasteiger partial charge is 0.318 e. The summed E-state index contributed by atoms with van der Waals surface area (Å²) in [6.07, 6.45) is 11.9. The van der Waals surface area contributed by atoms with Gasteiger partial charge in [-0.05, 0) is 98.8 Å². The Balaban J connectivity index is 0.839. The molecular weight excluding hydrogens is 958 g/mol. The highest BCUT2D eigenvalue weighted by molar-refractivity contribution is 7.10. The van der Waals surface area contributed by atoms with Crippen LogP contribution in [0.5, 0.6) is 6.01 Å². The first-order chi connectivity index (χ1) is 35.6. The first kappa shape index (κ1) is 52.5. The Labute approximate surface area is 437 Å². The van der Waals surface area contributed by atoms with Crippen molar-refractivity contribution < 1.29 is 19.1 Å². The van der Waals surface area contributed by atoms with E-state index < -0.39 is 0 Å². The number of aryl methyl sites for hydroxylation is 1. The van der Waals surface area contributed by atoms with E-state index in [0.29, 0.717) is 74.6 Å². The number of fused-ring (bicyclic) bond motifs is 2. The van der Waals surface area contributed by atoms with Crippen molar-refractivity contribution in [3.8, 4) is 18.1 Å². The van der Waals surface area contributed by atoms with Crippen LogP contribution in [-0.4, -0.2) is 119 Å². The van der Waals surface area contributed by atoms with Crippen molar-refractivity contribution in [2.75, 3.05) is 69.3 Å². The third-order valence-corrected chi connectivity index (χ3v) is 15.3. The highest BCUT2D eigenvalue weighted by atomic mass is 35.5. The van der Waals surface area contributed by atoms with Crippen LogP contribution < -0.4 is 19.9 Å². The van der Waals surface area contributed by atoms with Gasteiger partial charge in [0.2, 0.25) is 11.8 Å². The maximum Gasteiger partial charge on any atom is 0.318 e. The van der Waals surface area contributed by atoms with Crippen molar-refractivity contribution in [3.05, 3.63) is 123 Å². The number of piperazine rings is 1. The fourth-order valence-corrected chi connectivity index (χ4v) is 11.3. The molecule has 0 spiro atoms. The fraction of sp³-hybridized carbons (Fsp3) is 0.429. The summed E-state index contributed by atoms with van der Waals surface area (Å²) < 4.78 is 6.55. The van der Waals surface area contributed by atoms with Gasteiger partial charge in [-0.2, -0.15) is 20.5 Å². The third kappa shape index (κ3) is 12.9. The number of likely N-dealkylation sites (N-methyl/N-ethyl adjacent to an activating group) is 1. The predicted molar refractivity (Wildman–Crippen MR) is 287 cm³/mol. The molecule has 17 heteroatoms. The van der Waals surface area contributed by atoms with Crippen LogP contribution in [-0.2, 0) is 33.8 Å². The Morgan fingerprint density at radius 2 is 1.85 bits per heavy atom. The van der Waals surface area contributed by atoms with E-state index >= 15 is 0 Å². The lowest BCUT2D eigenvalue weighted by Crippen LogP contribution is -2.55. The number of nitrogens with zero attached hydrogens (tertiary/aromatic N) is 10. The van der Waals surface area contributed by atoms with Crippen molar-refractivity contribution in [2.45, 2.75) is 95.8 Å². The van der Waals surface area contributed by atoms with E-state index in [-0.39, 0.29) is 47.8 Å². The van der Waals surface area contributed by atoms with E-state index in [2.05, 4.69) is 74.9 Å². The monoisotopic (exact) mass is 1020 g/mol. The maximum atomic E-state index is 13.4. The van der Waals surface area contributed by atoms with Crippen LogP contribution in [0.3, 0.4) is 0 Å². The first-order valence-electron chi connectivity index (χ1n) is 25.5. The van der Waals surface area contributed by atoms with Crippen molar-refractivity contribution in [2.24, 2.45) is 0 Å². The zero-order valence-corrected chi connectivity index (χ0v) is 43.4. The van der Waals surface area contributed by atoms with E-state index in [1.54, 1.807) is 29.1 Å². The number of nitriles is 2. The number of hydrogen-bond donors (Lipinski definition) is 1. The Bertz CT molecular complexity index is 2860. The van der Waals surface area contributed by atoms with Crippen molar-refractivity contribution in [3.63, 3.8) is 0 Å². The van der Waals surface area contributed by atoms with Gasteiger partial charge in [0.05, 0.1) is 41.8 Å². The van der Waals surface area contributed by atoms with Crippen LogP contribution in [0.25, 0.3) is 16.8 Å². The standard InChI is InChI=1S/C56H64ClN11O4S/c1-4-11-48(64(3)55(71)42(35-59)34-51-61-27-33-73-51)40-20-17-39(18-21-40)19-22-50(69)60-26-6-7-28-65-29-10-14-44(65)38-72-56-62-47-37-66(49-16-9-13-41-12-8-15-46(57)53(41)49)30-24-45(47)54(63-56)67-31-32-68(52(70)5-2)43(36-67)23-25-58/h5,8-9,12-13,15-18,20-21,27,33-34,43-44,48H,2,4,6-7,10-11,14,19,22-24,26,28-32,36-38H2,1,3H3,(H,60,69)/b42-34+/t43-,44-,48?/m0/s1. The number of unbranched alkanes of at least 4 members (excludes halogenated alkanes) is 1. The lowest BCUT2D eigenvalue weighted by molar-refractivity contribution is -0.129. The molecule has 0 bridgehead atoms. The zero-order valence-electron chi connectivity index (χ0n) is 41.8. The topological polar surface area (TPSA) is 175 Å². The number of carbonyl (C=O) groups excluding carboxylic acids is 3. The Hall–Kier alpha value is -6.85. The molecule has 73 heavy (non-hydrogen) atoms. The minimum atomic E-state index is -0.338. The van der Waals surface area contributed by atoms with E-state index in [9.17, 15) is 24.9 Å². The molecule has 3 aliphatic rings. The van der Waals surface area contributed by atoms with E-state index in [4.69, 9.17) is 26.3 Å². The SMILES string of the molecule is C=CC(=O)N1CCN(c2nc(OC[C@@H]3CCCN3CCCCNC(=O)CCc3ccc(C(CCC)N(C)C(=O)/C(C#N)=C/c4nccs4)cc3)nc3c2CCN(c2cccc4cccc(Cl)c24)C3)C[C@@H]1CC#N. The quantitative estimate of drug-likeness (QED) is 0.0421. The molecule has 0 saturated carbocycles. The Morgan fingerprint density at radius 3 is 2.60 bits per heavy atom. The number of ether oxygens (including phenoxy) is 1. The van der Waals surface area contributed by atoms with Crippen LogP contribution in [0.15, 0.2) is 90.5 Å². The number of amides is 3. The van der Waals surface area contributed by atoms with Gasteiger partial charge in [0.15, 0.2) is 0 Å². The van der Waals surface area contributed by atoms with Gasteiger partial charge in [0, 0.05) is 80.4 Å². The maximum absolute atomic E-state index is 13.4. The summed E-state index contributed by atoms with van der Waals surface area (Å²) in [6.45, 7) is 11.4. The van der Waals surface area contributed by atoms with Crippen molar-refractivity contribution in [1.82, 2.24) is 35.0 Å².